The van der Waals surface area contributed by atoms with Gasteiger partial charge in [0.15, 0.2) is 0 Å². The predicted molar refractivity (Wildman–Crippen MR) is 80.9 cm³/mol. The average molecular weight is 358 g/mol. The van der Waals surface area contributed by atoms with E-state index in [0.29, 0.717) is 20.9 Å². The molecule has 0 N–H and O–H groups in total. The summed E-state index contributed by atoms with van der Waals surface area (Å²) < 4.78 is 3.22. The van der Waals surface area contributed by atoms with Crippen LogP contribution in [0.5, 0.6) is 0 Å². The molecule has 0 aromatic rings. The summed E-state index contributed by atoms with van der Waals surface area (Å²) in [6.45, 7) is 15.0. The maximum absolute atomic E-state index is 2.50. The van der Waals surface area contributed by atoms with Crippen molar-refractivity contribution in [2.24, 2.45) is 0 Å². The van der Waals surface area contributed by atoms with Gasteiger partial charge in [-0.15, -0.1) is 0 Å². The van der Waals surface area contributed by atoms with Gasteiger partial charge >= 0.3 is 110 Å². The van der Waals surface area contributed by atoms with Gasteiger partial charge in [0.1, 0.15) is 0 Å². The number of hydrogen-bond donors (Lipinski definition) is 0. The Kier molecular flexibility index (Phi) is 8.14. The van der Waals surface area contributed by atoms with Gasteiger partial charge in [-0.25, -0.2) is 0 Å². The van der Waals surface area contributed by atoms with Crippen LogP contribution < -0.4 is 0 Å². The molecule has 0 amide bonds. The summed E-state index contributed by atoms with van der Waals surface area (Å²) in [5.41, 5.74) is 0. The van der Waals surface area contributed by atoms with Gasteiger partial charge in [0, 0.05) is 0 Å². The van der Waals surface area contributed by atoms with E-state index >= 15 is 0 Å². The predicted octanol–water partition coefficient (Wildman–Crippen LogP) is 4.98. The van der Waals surface area contributed by atoms with Crippen LogP contribution in [0.2, 0.25) is 60.3 Å². The molecule has 0 nitrogen and oxygen atoms in total. The van der Waals surface area contributed by atoms with Gasteiger partial charge in [0.25, 0.3) is 0 Å². The zero-order valence-electron chi connectivity index (χ0n) is 11.7. The molecule has 92 valence electrons. The van der Waals surface area contributed by atoms with Gasteiger partial charge in [0.2, 0.25) is 0 Å². The molecule has 0 atom stereocenters. The molecule has 0 saturated heterocycles. The molecule has 3 heteroatoms. The second-order valence-electron chi connectivity index (χ2n) is 6.94. The normalized spacial score (nSPS) is 13.2. The SMILES string of the molecule is C[Si](C)(C)CCC[Te]CCC[Si](C)(C)C. The minimum absolute atomic E-state index is 0.392. The van der Waals surface area contributed by atoms with Crippen molar-refractivity contribution >= 4 is 37.1 Å². The third-order valence-corrected chi connectivity index (χ3v) is 9.43. The topological polar surface area (TPSA) is 0 Å². The maximum atomic E-state index is 2.50. The third-order valence-electron chi connectivity index (χ3n) is 2.43. The van der Waals surface area contributed by atoms with E-state index in [1.54, 1.807) is 33.9 Å². The first-order valence-electron chi connectivity index (χ1n) is 6.28. The molecule has 0 aromatic carbocycles. The Morgan fingerprint density at radius 2 is 1.00 bits per heavy atom. The van der Waals surface area contributed by atoms with Crippen molar-refractivity contribution < 1.29 is 0 Å². The summed E-state index contributed by atoms with van der Waals surface area (Å²) in [4.78, 5) is 0. The Balaban J connectivity index is 3.20. The minimum atomic E-state index is -0.728. The van der Waals surface area contributed by atoms with Crippen molar-refractivity contribution in [3.63, 3.8) is 0 Å². The van der Waals surface area contributed by atoms with Crippen molar-refractivity contribution in [1.82, 2.24) is 0 Å². The molecule has 0 aromatic heterocycles. The van der Waals surface area contributed by atoms with Crippen molar-refractivity contribution in [2.75, 3.05) is 0 Å². The zero-order chi connectivity index (χ0) is 11.9. The Morgan fingerprint density at radius 3 is 1.27 bits per heavy atom. The van der Waals surface area contributed by atoms with Crippen LogP contribution in [0, 0.1) is 0 Å². The second kappa shape index (κ2) is 7.53. The first-order chi connectivity index (χ1) is 6.71. The molecule has 0 spiro atoms. The van der Waals surface area contributed by atoms with Crippen LogP contribution in [-0.4, -0.2) is 37.1 Å². The summed E-state index contributed by atoms with van der Waals surface area (Å²) >= 11 is 0.392. The summed E-state index contributed by atoms with van der Waals surface area (Å²) in [5.74, 6) is 0. The third kappa shape index (κ3) is 15.2. The fourth-order valence-electron chi connectivity index (χ4n) is 1.51. The van der Waals surface area contributed by atoms with Crippen molar-refractivity contribution in [2.45, 2.75) is 73.1 Å². The van der Waals surface area contributed by atoms with Gasteiger partial charge in [0.05, 0.1) is 0 Å². The second-order valence-corrected chi connectivity index (χ2v) is 21.7. The van der Waals surface area contributed by atoms with Gasteiger partial charge in [-0.2, -0.15) is 0 Å². The van der Waals surface area contributed by atoms with Crippen molar-refractivity contribution in [3.8, 4) is 0 Å². The fourth-order valence-corrected chi connectivity index (χ4v) is 8.14. The first-order valence-corrected chi connectivity index (χ1v) is 17.0. The summed E-state index contributed by atoms with van der Waals surface area (Å²) in [6, 6.07) is 3.12. The van der Waals surface area contributed by atoms with E-state index in [4.69, 9.17) is 0 Å². The van der Waals surface area contributed by atoms with Gasteiger partial charge in [-0.3, -0.25) is 0 Å². The zero-order valence-corrected chi connectivity index (χ0v) is 16.0. The van der Waals surface area contributed by atoms with Gasteiger partial charge in [-0.05, 0) is 0 Å². The molecule has 15 heavy (non-hydrogen) atoms. The van der Waals surface area contributed by atoms with E-state index in [0.717, 1.165) is 0 Å². The monoisotopic (exact) mass is 360 g/mol. The Labute approximate surface area is 110 Å². The van der Waals surface area contributed by atoms with Crippen LogP contribution in [0.15, 0.2) is 0 Å². The molecule has 0 aliphatic carbocycles. The first kappa shape index (κ1) is 16.2. The van der Waals surface area contributed by atoms with E-state index in [2.05, 4.69) is 39.3 Å². The number of hydrogen-bond acceptors (Lipinski definition) is 0. The van der Waals surface area contributed by atoms with Crippen molar-refractivity contribution in [1.29, 1.82) is 0 Å². The molecular formula is C12H30Si2Te. The summed E-state index contributed by atoms with van der Waals surface area (Å²) in [6.07, 6.45) is 3.09. The molecule has 0 fully saturated rings. The molecule has 0 bridgehead atoms. The molecule has 0 unspecified atom stereocenters. The average Bonchev–Trinajstić information content (AvgIpc) is 1.98. The molecule has 0 rings (SSSR count). The molecular weight excluding hydrogens is 328 g/mol. The van der Waals surface area contributed by atoms with E-state index in [9.17, 15) is 0 Å². The molecule has 0 aliphatic rings. The number of rotatable bonds is 8. The van der Waals surface area contributed by atoms with E-state index in [-0.39, 0.29) is 0 Å². The summed E-state index contributed by atoms with van der Waals surface area (Å²) in [7, 11) is -1.46. The fraction of sp³-hybridized carbons (Fsp3) is 1.00. The van der Waals surface area contributed by atoms with Gasteiger partial charge in [-0.1, -0.05) is 0 Å². The molecule has 0 heterocycles. The Morgan fingerprint density at radius 1 is 0.667 bits per heavy atom. The molecule has 0 aliphatic heterocycles. The van der Waals surface area contributed by atoms with E-state index in [1.165, 1.54) is 0 Å². The van der Waals surface area contributed by atoms with Crippen LogP contribution in [0.4, 0.5) is 0 Å². The van der Waals surface area contributed by atoms with E-state index in [1.807, 2.05) is 0 Å². The molecule has 0 saturated carbocycles. The van der Waals surface area contributed by atoms with Crippen molar-refractivity contribution in [3.05, 3.63) is 0 Å². The van der Waals surface area contributed by atoms with Crippen LogP contribution in [0.25, 0.3) is 0 Å². The van der Waals surface area contributed by atoms with Crippen LogP contribution in [0.3, 0.4) is 0 Å². The van der Waals surface area contributed by atoms with Gasteiger partial charge < -0.3 is 0 Å². The molecule has 0 radical (unpaired) electrons. The Bertz CT molecular complexity index is 138. The summed E-state index contributed by atoms with van der Waals surface area (Å²) in [5, 5.41) is 0. The van der Waals surface area contributed by atoms with Crippen LogP contribution in [-0.2, 0) is 0 Å². The van der Waals surface area contributed by atoms with E-state index < -0.39 is 16.1 Å². The van der Waals surface area contributed by atoms with Crippen LogP contribution >= 0.6 is 0 Å². The quantitative estimate of drug-likeness (QED) is 0.424. The standard InChI is InChI=1S/C12H30Si2Te/c1-13(2,3)9-7-11-15-12-8-10-14(4,5)6/h7-12H2,1-6H3. The van der Waals surface area contributed by atoms with Crippen LogP contribution in [0.1, 0.15) is 12.8 Å². The Hall–Kier alpha value is 1.22.